The fraction of sp³-hybridized carbons (Fsp3) is 0.355. The Balaban J connectivity index is 1.66. The number of carbonyl (C=O) groups excluding carboxylic acids is 2. The molecule has 1 aliphatic carbocycles. The zero-order valence-corrected chi connectivity index (χ0v) is 24.1. The zero-order valence-electron chi connectivity index (χ0n) is 23.2. The Kier molecular flexibility index (Phi) is 9.47. The number of para-hydroxylation sites is 1. The van der Waals surface area contributed by atoms with E-state index in [-0.39, 0.29) is 23.4 Å². The van der Waals surface area contributed by atoms with Crippen LogP contribution in [0, 0.1) is 6.92 Å². The van der Waals surface area contributed by atoms with Crippen molar-refractivity contribution in [2.75, 3.05) is 18.0 Å². The van der Waals surface area contributed by atoms with E-state index in [0.29, 0.717) is 11.4 Å². The summed E-state index contributed by atoms with van der Waals surface area (Å²) in [6, 6.07) is 21.6. The van der Waals surface area contributed by atoms with Gasteiger partial charge in [0.2, 0.25) is 11.8 Å². The second kappa shape index (κ2) is 13.0. The average Bonchev–Trinajstić information content (AvgIpc) is 3.48. The highest BCUT2D eigenvalue weighted by atomic mass is 32.2. The number of nitrogens with zero attached hydrogens (tertiary/aromatic N) is 2. The van der Waals surface area contributed by atoms with Gasteiger partial charge in [-0.3, -0.25) is 13.9 Å². The standard InChI is InChI=1S/C31H37N3O5S/c1-23-13-15-25(16-14-23)21-33(24(2)31(36)32-26-9-7-8-10-26)30(35)22-34(27-11-5-4-6-12-27)40(37,38)29-19-17-28(39-3)18-20-29/h4-6,11-20,24,26H,7-10,21-22H2,1-3H3,(H,32,36). The van der Waals surface area contributed by atoms with E-state index in [4.69, 9.17) is 4.74 Å². The van der Waals surface area contributed by atoms with Gasteiger partial charge in [-0.1, -0.05) is 60.9 Å². The van der Waals surface area contributed by atoms with E-state index in [0.717, 1.165) is 41.1 Å². The Morgan fingerprint density at radius 1 is 0.950 bits per heavy atom. The van der Waals surface area contributed by atoms with Crippen molar-refractivity contribution in [3.63, 3.8) is 0 Å². The Morgan fingerprint density at radius 3 is 2.17 bits per heavy atom. The monoisotopic (exact) mass is 563 g/mol. The van der Waals surface area contributed by atoms with Crippen molar-refractivity contribution in [1.29, 1.82) is 0 Å². The number of anilines is 1. The van der Waals surface area contributed by atoms with Crippen molar-refractivity contribution < 1.29 is 22.7 Å². The molecule has 0 spiro atoms. The molecule has 1 atom stereocenters. The van der Waals surface area contributed by atoms with Crippen molar-refractivity contribution >= 4 is 27.5 Å². The van der Waals surface area contributed by atoms with Crippen molar-refractivity contribution in [3.05, 3.63) is 90.0 Å². The minimum Gasteiger partial charge on any atom is -0.497 e. The molecule has 1 aliphatic rings. The molecule has 1 fully saturated rings. The highest BCUT2D eigenvalue weighted by molar-refractivity contribution is 7.92. The van der Waals surface area contributed by atoms with E-state index < -0.39 is 28.5 Å². The molecule has 8 nitrogen and oxygen atoms in total. The van der Waals surface area contributed by atoms with Gasteiger partial charge >= 0.3 is 0 Å². The quantitative estimate of drug-likeness (QED) is 0.366. The fourth-order valence-corrected chi connectivity index (χ4v) is 6.28. The van der Waals surface area contributed by atoms with E-state index in [1.807, 2.05) is 31.2 Å². The molecule has 0 heterocycles. The molecule has 3 aromatic rings. The van der Waals surface area contributed by atoms with Gasteiger partial charge in [0.1, 0.15) is 18.3 Å². The summed E-state index contributed by atoms with van der Waals surface area (Å²) in [4.78, 5) is 28.8. The van der Waals surface area contributed by atoms with Gasteiger partial charge in [0.15, 0.2) is 0 Å². The molecule has 40 heavy (non-hydrogen) atoms. The lowest BCUT2D eigenvalue weighted by molar-refractivity contribution is -0.139. The van der Waals surface area contributed by atoms with Gasteiger partial charge in [-0.25, -0.2) is 8.42 Å². The number of ether oxygens (including phenoxy) is 1. The van der Waals surface area contributed by atoms with Gasteiger partial charge in [0.25, 0.3) is 10.0 Å². The number of hydrogen-bond donors (Lipinski definition) is 1. The summed E-state index contributed by atoms with van der Waals surface area (Å²) in [5, 5.41) is 3.08. The molecule has 3 aromatic carbocycles. The first-order chi connectivity index (χ1) is 19.2. The molecule has 0 aromatic heterocycles. The van der Waals surface area contributed by atoms with Crippen molar-refractivity contribution in [1.82, 2.24) is 10.2 Å². The zero-order chi connectivity index (χ0) is 28.7. The van der Waals surface area contributed by atoms with Gasteiger partial charge in [-0.05, 0) is 68.7 Å². The number of benzene rings is 3. The van der Waals surface area contributed by atoms with Gasteiger partial charge in [-0.2, -0.15) is 0 Å². The molecule has 0 bridgehead atoms. The second-order valence-electron chi connectivity index (χ2n) is 10.2. The Hall–Kier alpha value is -3.85. The van der Waals surface area contributed by atoms with Crippen LogP contribution in [-0.2, 0) is 26.2 Å². The molecule has 0 saturated heterocycles. The van der Waals surface area contributed by atoms with Crippen LogP contribution in [0.1, 0.15) is 43.7 Å². The van der Waals surface area contributed by atoms with Gasteiger partial charge in [0, 0.05) is 12.6 Å². The summed E-state index contributed by atoms with van der Waals surface area (Å²) in [7, 11) is -2.62. The average molecular weight is 564 g/mol. The van der Waals surface area contributed by atoms with E-state index in [1.54, 1.807) is 49.4 Å². The third-order valence-electron chi connectivity index (χ3n) is 7.31. The lowest BCUT2D eigenvalue weighted by Crippen LogP contribution is -2.52. The van der Waals surface area contributed by atoms with Crippen LogP contribution in [0.25, 0.3) is 0 Å². The van der Waals surface area contributed by atoms with E-state index in [1.165, 1.54) is 24.1 Å². The van der Waals surface area contributed by atoms with Gasteiger partial charge < -0.3 is 15.0 Å². The summed E-state index contributed by atoms with van der Waals surface area (Å²) in [5.74, 6) is -0.195. The molecule has 0 aliphatic heterocycles. The molecule has 9 heteroatoms. The molecular formula is C31H37N3O5S. The minimum atomic E-state index is -4.12. The Labute approximate surface area is 237 Å². The van der Waals surface area contributed by atoms with Crippen molar-refractivity contribution in [2.45, 2.75) is 63.1 Å². The number of rotatable bonds is 11. The first kappa shape index (κ1) is 29.1. The summed E-state index contributed by atoms with van der Waals surface area (Å²) in [6.45, 7) is 3.38. The maximum Gasteiger partial charge on any atom is 0.264 e. The van der Waals surface area contributed by atoms with Crippen LogP contribution >= 0.6 is 0 Å². The largest absolute Gasteiger partial charge is 0.497 e. The van der Waals surface area contributed by atoms with E-state index in [2.05, 4.69) is 5.32 Å². The molecule has 212 valence electrons. The van der Waals surface area contributed by atoms with Crippen LogP contribution in [0.2, 0.25) is 0 Å². The van der Waals surface area contributed by atoms with Crippen LogP contribution in [-0.4, -0.2) is 50.9 Å². The number of nitrogens with one attached hydrogen (secondary N) is 1. The minimum absolute atomic E-state index is 0.0297. The molecule has 2 amide bonds. The summed E-state index contributed by atoms with van der Waals surface area (Å²) >= 11 is 0. The predicted octanol–water partition coefficient (Wildman–Crippen LogP) is 4.68. The van der Waals surface area contributed by atoms with Crippen molar-refractivity contribution in [3.8, 4) is 5.75 Å². The topological polar surface area (TPSA) is 96.0 Å². The maximum atomic E-state index is 14.0. The lowest BCUT2D eigenvalue weighted by atomic mass is 10.1. The van der Waals surface area contributed by atoms with E-state index in [9.17, 15) is 18.0 Å². The third-order valence-corrected chi connectivity index (χ3v) is 9.10. The molecule has 0 radical (unpaired) electrons. The van der Waals surface area contributed by atoms with Crippen LogP contribution in [0.5, 0.6) is 5.75 Å². The van der Waals surface area contributed by atoms with Crippen LogP contribution in [0.3, 0.4) is 0 Å². The number of methoxy groups -OCH3 is 1. The molecule has 1 N–H and O–H groups in total. The summed E-state index contributed by atoms with van der Waals surface area (Å²) in [6.07, 6.45) is 3.99. The van der Waals surface area contributed by atoms with Gasteiger partial charge in [0.05, 0.1) is 17.7 Å². The highest BCUT2D eigenvalue weighted by Crippen LogP contribution is 2.26. The normalized spacial score (nSPS) is 14.4. The third kappa shape index (κ3) is 7.01. The van der Waals surface area contributed by atoms with Crippen LogP contribution in [0.15, 0.2) is 83.8 Å². The van der Waals surface area contributed by atoms with E-state index >= 15 is 0 Å². The Morgan fingerprint density at radius 2 is 1.57 bits per heavy atom. The number of amides is 2. The Bertz CT molecular complexity index is 1390. The number of sulfonamides is 1. The maximum absolute atomic E-state index is 14.0. The first-order valence-corrected chi connectivity index (χ1v) is 15.0. The van der Waals surface area contributed by atoms with Crippen molar-refractivity contribution in [2.24, 2.45) is 0 Å². The predicted molar refractivity (Wildman–Crippen MR) is 156 cm³/mol. The lowest BCUT2D eigenvalue weighted by Gasteiger charge is -2.32. The SMILES string of the molecule is COc1ccc(S(=O)(=O)N(CC(=O)N(Cc2ccc(C)cc2)C(C)C(=O)NC2CCCC2)c2ccccc2)cc1. The molecule has 4 rings (SSSR count). The first-order valence-electron chi connectivity index (χ1n) is 13.6. The molecular weight excluding hydrogens is 526 g/mol. The second-order valence-corrected chi connectivity index (χ2v) is 12.1. The number of hydrogen-bond acceptors (Lipinski definition) is 5. The summed E-state index contributed by atoms with van der Waals surface area (Å²) < 4.78 is 34.0. The molecule has 1 unspecified atom stereocenters. The van der Waals surface area contributed by atoms with Crippen LogP contribution in [0.4, 0.5) is 5.69 Å². The number of aryl methyl sites for hydroxylation is 1. The summed E-state index contributed by atoms with van der Waals surface area (Å²) in [5.41, 5.74) is 2.28. The number of carbonyl (C=O) groups is 2. The smallest absolute Gasteiger partial charge is 0.264 e. The fourth-order valence-electron chi connectivity index (χ4n) is 4.86. The van der Waals surface area contributed by atoms with Crippen LogP contribution < -0.4 is 14.4 Å². The highest BCUT2D eigenvalue weighted by Gasteiger charge is 2.33. The van der Waals surface area contributed by atoms with Gasteiger partial charge in [-0.15, -0.1) is 0 Å². The molecule has 1 saturated carbocycles.